The van der Waals surface area contributed by atoms with Crippen LogP contribution in [-0.4, -0.2) is 39.1 Å². The van der Waals surface area contributed by atoms with Crippen molar-refractivity contribution in [3.8, 4) is 6.07 Å². The first-order valence-corrected chi connectivity index (χ1v) is 10.7. The summed E-state index contributed by atoms with van der Waals surface area (Å²) < 4.78 is 7.10. The maximum absolute atomic E-state index is 12.4. The van der Waals surface area contributed by atoms with Crippen molar-refractivity contribution in [1.82, 2.24) is 14.8 Å². The molecule has 27 heavy (non-hydrogen) atoms. The number of anilines is 1. The van der Waals surface area contributed by atoms with Gasteiger partial charge in [-0.1, -0.05) is 11.8 Å². The molecule has 1 amide bonds. The molecule has 1 aliphatic carbocycles. The summed E-state index contributed by atoms with van der Waals surface area (Å²) in [7, 11) is 0. The van der Waals surface area contributed by atoms with Gasteiger partial charge in [-0.2, -0.15) is 5.26 Å². The SMILES string of the molecule is N#Cc1c(NC(=O)CSc2n[nH]c(=O)n2C[C@H]2CCCO2)sc2c1CCC2. The van der Waals surface area contributed by atoms with Crippen LogP contribution in [0.3, 0.4) is 0 Å². The van der Waals surface area contributed by atoms with Crippen LogP contribution in [0.25, 0.3) is 0 Å². The second kappa shape index (κ2) is 7.88. The lowest BCUT2D eigenvalue weighted by atomic mass is 10.1. The molecule has 1 atom stereocenters. The number of carbonyl (C=O) groups excluding carboxylic acids is 1. The van der Waals surface area contributed by atoms with E-state index >= 15 is 0 Å². The molecule has 2 aliphatic rings. The molecule has 1 saturated heterocycles. The topological polar surface area (TPSA) is 113 Å². The average molecular weight is 406 g/mol. The number of ether oxygens (including phenoxy) is 1. The highest BCUT2D eigenvalue weighted by molar-refractivity contribution is 7.99. The zero-order valence-corrected chi connectivity index (χ0v) is 16.3. The Balaban J connectivity index is 1.39. The Labute approximate surface area is 163 Å². The van der Waals surface area contributed by atoms with Gasteiger partial charge in [-0.05, 0) is 37.7 Å². The molecular weight excluding hydrogens is 386 g/mol. The highest BCUT2D eigenvalue weighted by atomic mass is 32.2. The zero-order chi connectivity index (χ0) is 18.8. The lowest BCUT2D eigenvalue weighted by Crippen LogP contribution is -2.25. The van der Waals surface area contributed by atoms with Crippen LogP contribution in [0.2, 0.25) is 0 Å². The van der Waals surface area contributed by atoms with E-state index in [0.29, 0.717) is 28.9 Å². The molecule has 142 valence electrons. The Morgan fingerprint density at radius 3 is 3.15 bits per heavy atom. The normalized spacial score (nSPS) is 18.4. The molecular formula is C17H19N5O3S2. The van der Waals surface area contributed by atoms with Crippen molar-refractivity contribution in [2.75, 3.05) is 17.7 Å². The number of carbonyl (C=O) groups is 1. The van der Waals surface area contributed by atoms with Gasteiger partial charge < -0.3 is 10.1 Å². The molecule has 2 aromatic heterocycles. The predicted octanol–water partition coefficient (Wildman–Crippen LogP) is 1.90. The lowest BCUT2D eigenvalue weighted by molar-refractivity contribution is -0.113. The summed E-state index contributed by atoms with van der Waals surface area (Å²) in [5.41, 5.74) is 1.39. The number of thioether (sulfide) groups is 1. The van der Waals surface area contributed by atoms with Crippen molar-refractivity contribution in [3.63, 3.8) is 0 Å². The first kappa shape index (κ1) is 18.3. The molecule has 8 nitrogen and oxygen atoms in total. The molecule has 2 aromatic rings. The molecule has 1 aliphatic heterocycles. The zero-order valence-electron chi connectivity index (χ0n) is 14.6. The van der Waals surface area contributed by atoms with Crippen LogP contribution in [0.15, 0.2) is 9.95 Å². The predicted molar refractivity (Wildman–Crippen MR) is 102 cm³/mol. The standard InChI is InChI=1S/C17H19N5O3S2/c18-7-12-11-4-1-5-13(11)27-15(12)19-14(23)9-26-17-21-20-16(24)22(17)8-10-3-2-6-25-10/h10H,1-6,8-9H2,(H,19,23)(H,20,24)/t10-/m1/s1. The molecule has 0 radical (unpaired) electrons. The van der Waals surface area contributed by atoms with Gasteiger partial charge in [-0.3, -0.25) is 9.36 Å². The fourth-order valence-corrected chi connectivity index (χ4v) is 5.48. The third kappa shape index (κ3) is 3.81. The number of nitrogens with one attached hydrogen (secondary N) is 2. The van der Waals surface area contributed by atoms with E-state index in [-0.39, 0.29) is 23.5 Å². The average Bonchev–Trinajstić information content (AvgIpc) is 3.41. The van der Waals surface area contributed by atoms with Crippen molar-refractivity contribution in [2.24, 2.45) is 0 Å². The van der Waals surface area contributed by atoms with E-state index < -0.39 is 0 Å². The van der Waals surface area contributed by atoms with Gasteiger partial charge in [0.05, 0.1) is 24.0 Å². The third-order valence-corrected chi connectivity index (χ3v) is 6.94. The van der Waals surface area contributed by atoms with Gasteiger partial charge in [0, 0.05) is 11.5 Å². The van der Waals surface area contributed by atoms with Crippen LogP contribution < -0.4 is 11.0 Å². The summed E-state index contributed by atoms with van der Waals surface area (Å²) in [6, 6.07) is 2.22. The van der Waals surface area contributed by atoms with Gasteiger partial charge >= 0.3 is 5.69 Å². The number of hydrogen-bond donors (Lipinski definition) is 2. The van der Waals surface area contributed by atoms with Crippen molar-refractivity contribution < 1.29 is 9.53 Å². The minimum atomic E-state index is -0.296. The molecule has 2 N–H and O–H groups in total. The fraction of sp³-hybridized carbons (Fsp3) is 0.529. The van der Waals surface area contributed by atoms with Crippen LogP contribution >= 0.6 is 23.1 Å². The van der Waals surface area contributed by atoms with Gasteiger partial charge in [-0.25, -0.2) is 9.89 Å². The van der Waals surface area contributed by atoms with Crippen LogP contribution in [0.4, 0.5) is 5.00 Å². The van der Waals surface area contributed by atoms with Gasteiger partial charge in [-0.15, -0.1) is 16.4 Å². The molecule has 0 aromatic carbocycles. The van der Waals surface area contributed by atoms with E-state index in [1.807, 2.05) is 0 Å². The van der Waals surface area contributed by atoms with E-state index in [1.165, 1.54) is 32.5 Å². The monoisotopic (exact) mass is 405 g/mol. The lowest BCUT2D eigenvalue weighted by Gasteiger charge is -2.10. The number of H-pyrrole nitrogens is 1. The number of aryl methyl sites for hydroxylation is 1. The summed E-state index contributed by atoms with van der Waals surface area (Å²) in [6.45, 7) is 1.16. The number of nitrogens with zero attached hydrogens (tertiary/aromatic N) is 3. The number of amides is 1. The van der Waals surface area contributed by atoms with Crippen LogP contribution in [-0.2, 0) is 28.9 Å². The van der Waals surface area contributed by atoms with E-state index in [1.54, 1.807) is 0 Å². The Morgan fingerprint density at radius 2 is 2.37 bits per heavy atom. The number of aromatic nitrogens is 3. The maximum Gasteiger partial charge on any atom is 0.344 e. The first-order valence-electron chi connectivity index (χ1n) is 8.90. The minimum absolute atomic E-state index is 0.0140. The Morgan fingerprint density at radius 1 is 1.48 bits per heavy atom. The molecule has 4 rings (SSSR count). The Bertz CT molecular complexity index is 949. The van der Waals surface area contributed by atoms with Crippen LogP contribution in [0.5, 0.6) is 0 Å². The number of aromatic amines is 1. The maximum atomic E-state index is 12.4. The number of nitriles is 1. The minimum Gasteiger partial charge on any atom is -0.376 e. The molecule has 0 spiro atoms. The smallest absolute Gasteiger partial charge is 0.344 e. The highest BCUT2D eigenvalue weighted by Gasteiger charge is 2.24. The summed E-state index contributed by atoms with van der Waals surface area (Å²) in [4.78, 5) is 25.5. The van der Waals surface area contributed by atoms with Crippen molar-refractivity contribution >= 4 is 34.0 Å². The number of hydrogen-bond acceptors (Lipinski definition) is 7. The van der Waals surface area contributed by atoms with E-state index in [9.17, 15) is 14.9 Å². The second-order valence-corrected chi connectivity index (χ2v) is 8.61. The first-order chi connectivity index (χ1) is 13.2. The summed E-state index contributed by atoms with van der Waals surface area (Å²) in [5, 5.41) is 19.8. The van der Waals surface area contributed by atoms with E-state index in [0.717, 1.165) is 37.7 Å². The van der Waals surface area contributed by atoms with Crippen LogP contribution in [0.1, 0.15) is 35.3 Å². The number of rotatable bonds is 6. The van der Waals surface area contributed by atoms with Gasteiger partial charge in [0.1, 0.15) is 11.1 Å². The van der Waals surface area contributed by atoms with Crippen LogP contribution in [0, 0.1) is 11.3 Å². The molecule has 0 unspecified atom stereocenters. The van der Waals surface area contributed by atoms with E-state index in [2.05, 4.69) is 21.6 Å². The number of fused-ring (bicyclic) bond motifs is 1. The van der Waals surface area contributed by atoms with Gasteiger partial charge in [0.25, 0.3) is 0 Å². The Hall–Kier alpha value is -2.09. The van der Waals surface area contributed by atoms with Crippen molar-refractivity contribution in [1.29, 1.82) is 5.26 Å². The molecule has 3 heterocycles. The molecule has 1 fully saturated rings. The quantitative estimate of drug-likeness (QED) is 0.710. The molecule has 0 bridgehead atoms. The summed E-state index contributed by atoms with van der Waals surface area (Å²) in [6.07, 6.45) is 4.88. The second-order valence-electron chi connectivity index (χ2n) is 6.57. The van der Waals surface area contributed by atoms with Crippen molar-refractivity contribution in [3.05, 3.63) is 26.5 Å². The van der Waals surface area contributed by atoms with Gasteiger partial charge in [0.2, 0.25) is 5.91 Å². The number of thiophene rings is 1. The molecule has 0 saturated carbocycles. The van der Waals surface area contributed by atoms with E-state index in [4.69, 9.17) is 4.74 Å². The fourth-order valence-electron chi connectivity index (χ4n) is 3.47. The summed E-state index contributed by atoms with van der Waals surface area (Å²) >= 11 is 2.69. The third-order valence-electron chi connectivity index (χ3n) is 4.75. The van der Waals surface area contributed by atoms with Crippen molar-refractivity contribution in [2.45, 2.75) is 49.9 Å². The van der Waals surface area contributed by atoms with Gasteiger partial charge in [0.15, 0.2) is 5.16 Å². The highest BCUT2D eigenvalue weighted by Crippen LogP contribution is 2.38. The molecule has 10 heteroatoms. The summed E-state index contributed by atoms with van der Waals surface area (Å²) in [5.74, 6) is -0.0981. The largest absolute Gasteiger partial charge is 0.376 e. The Kier molecular flexibility index (Phi) is 5.33.